The maximum Gasteiger partial charge on any atom is 0.192 e. The van der Waals surface area contributed by atoms with Gasteiger partial charge in [-0.3, -0.25) is 9.36 Å². The number of aromatic nitrogens is 1. The van der Waals surface area contributed by atoms with Crippen molar-refractivity contribution in [2.75, 3.05) is 19.5 Å². The van der Waals surface area contributed by atoms with Crippen LogP contribution in [0, 0.1) is 0 Å². The second-order valence-electron chi connectivity index (χ2n) is 6.39. The van der Waals surface area contributed by atoms with Gasteiger partial charge in [0, 0.05) is 30.3 Å². The lowest BCUT2D eigenvalue weighted by molar-refractivity contribution is 0.285. The minimum atomic E-state index is -0.0921. The first kappa shape index (κ1) is 19.4. The molecule has 0 bridgehead atoms. The Labute approximate surface area is 177 Å². The van der Waals surface area contributed by atoms with Gasteiger partial charge in [-0.1, -0.05) is 29.8 Å². The number of fused-ring (bicyclic) bond motifs is 1. The molecule has 0 fully saturated rings. The van der Waals surface area contributed by atoms with Crippen LogP contribution in [0.5, 0.6) is 5.75 Å². The highest BCUT2D eigenvalue weighted by Crippen LogP contribution is 2.34. The quantitative estimate of drug-likeness (QED) is 0.560. The van der Waals surface area contributed by atoms with Gasteiger partial charge in [0.05, 0.1) is 29.6 Å². The number of benzene rings is 1. The number of hydrogen-bond acceptors (Lipinski definition) is 5. The molecule has 3 aromatic rings. The van der Waals surface area contributed by atoms with E-state index in [9.17, 15) is 4.79 Å². The lowest BCUT2D eigenvalue weighted by Gasteiger charge is -2.18. The van der Waals surface area contributed by atoms with E-state index in [0.29, 0.717) is 22.0 Å². The molecule has 0 atom stereocenters. The third-order valence-corrected chi connectivity index (χ3v) is 5.80. The zero-order chi connectivity index (χ0) is 20.4. The molecular weight excluding hydrogens is 408 g/mol. The van der Waals surface area contributed by atoms with E-state index in [4.69, 9.17) is 21.1 Å². The van der Waals surface area contributed by atoms with Crippen LogP contribution in [-0.2, 0) is 4.74 Å². The first-order chi connectivity index (χ1) is 14.1. The highest BCUT2D eigenvalue weighted by molar-refractivity contribution is 7.22. The van der Waals surface area contributed by atoms with Crippen LogP contribution in [0.25, 0.3) is 15.9 Å². The SMILES string of the molecule is COC1=CC(n2c(Nc3cccc(OC)c3)cc(=O)c3cc(Cl)sc32)=CC=CC1. The Hall–Kier alpha value is -2.96. The summed E-state index contributed by atoms with van der Waals surface area (Å²) in [7, 11) is 3.27. The van der Waals surface area contributed by atoms with Gasteiger partial charge in [0.1, 0.15) is 22.2 Å². The minimum Gasteiger partial charge on any atom is -0.501 e. The molecule has 1 N–H and O–H groups in total. The maximum atomic E-state index is 12.7. The number of methoxy groups -OCH3 is 2. The number of nitrogens with zero attached hydrogens (tertiary/aromatic N) is 1. The van der Waals surface area contributed by atoms with Crippen molar-refractivity contribution in [3.8, 4) is 5.75 Å². The summed E-state index contributed by atoms with van der Waals surface area (Å²) in [6.07, 6.45) is 8.66. The van der Waals surface area contributed by atoms with Crippen molar-refractivity contribution >= 4 is 50.4 Å². The first-order valence-corrected chi connectivity index (χ1v) is 10.2. The van der Waals surface area contributed by atoms with Crippen molar-refractivity contribution < 1.29 is 9.47 Å². The van der Waals surface area contributed by atoms with Crippen LogP contribution >= 0.6 is 22.9 Å². The smallest absolute Gasteiger partial charge is 0.192 e. The van der Waals surface area contributed by atoms with Crippen molar-refractivity contribution in [2.45, 2.75) is 6.42 Å². The largest absolute Gasteiger partial charge is 0.501 e. The van der Waals surface area contributed by atoms with Crippen LogP contribution < -0.4 is 15.5 Å². The molecule has 5 nitrogen and oxygen atoms in total. The number of halogens is 1. The zero-order valence-electron chi connectivity index (χ0n) is 15.9. The summed E-state index contributed by atoms with van der Waals surface area (Å²) in [5.74, 6) is 2.18. The van der Waals surface area contributed by atoms with Gasteiger partial charge in [-0.15, -0.1) is 11.3 Å². The predicted octanol–water partition coefficient (Wildman–Crippen LogP) is 5.80. The average Bonchev–Trinajstić information content (AvgIpc) is 2.96. The van der Waals surface area contributed by atoms with Crippen LogP contribution in [0.1, 0.15) is 6.42 Å². The molecule has 1 aliphatic rings. The van der Waals surface area contributed by atoms with Crippen LogP contribution in [0.4, 0.5) is 11.5 Å². The van der Waals surface area contributed by atoms with Crippen molar-refractivity contribution in [1.29, 1.82) is 0 Å². The molecule has 1 aromatic carbocycles. The molecule has 7 heteroatoms. The topological polar surface area (TPSA) is 52.5 Å². The summed E-state index contributed by atoms with van der Waals surface area (Å²) >= 11 is 7.63. The zero-order valence-corrected chi connectivity index (χ0v) is 17.5. The van der Waals surface area contributed by atoms with Gasteiger partial charge >= 0.3 is 0 Å². The van der Waals surface area contributed by atoms with E-state index in [1.165, 1.54) is 11.3 Å². The number of hydrogen-bond donors (Lipinski definition) is 1. The van der Waals surface area contributed by atoms with E-state index in [1.54, 1.807) is 26.4 Å². The van der Waals surface area contributed by atoms with Gasteiger partial charge in [-0.05, 0) is 24.3 Å². The van der Waals surface area contributed by atoms with Gasteiger partial charge in [-0.2, -0.15) is 0 Å². The minimum absolute atomic E-state index is 0.0921. The van der Waals surface area contributed by atoms with Crippen molar-refractivity contribution in [2.24, 2.45) is 0 Å². The third kappa shape index (κ3) is 3.95. The van der Waals surface area contributed by atoms with Crippen molar-refractivity contribution in [3.05, 3.63) is 81.0 Å². The number of nitrogens with one attached hydrogen (secondary N) is 1. The van der Waals surface area contributed by atoms with Crippen LogP contribution in [0.3, 0.4) is 0 Å². The van der Waals surface area contributed by atoms with E-state index in [2.05, 4.69) is 5.32 Å². The van der Waals surface area contributed by atoms with Gasteiger partial charge in [0.25, 0.3) is 0 Å². The molecule has 0 amide bonds. The van der Waals surface area contributed by atoms with Crippen molar-refractivity contribution in [1.82, 2.24) is 4.57 Å². The van der Waals surface area contributed by atoms with Gasteiger partial charge in [0.2, 0.25) is 0 Å². The number of rotatable bonds is 5. The molecule has 2 heterocycles. The molecule has 2 aromatic heterocycles. The lowest BCUT2D eigenvalue weighted by atomic mass is 10.2. The Morgan fingerprint density at radius 1 is 1.17 bits per heavy atom. The van der Waals surface area contributed by atoms with Crippen LogP contribution in [-0.4, -0.2) is 18.8 Å². The number of anilines is 2. The summed E-state index contributed by atoms with van der Waals surface area (Å²) in [5.41, 5.74) is 1.58. The fraction of sp³-hybridized carbons (Fsp3) is 0.136. The number of thiophene rings is 1. The standard InChI is InChI=1S/C22H19ClN2O3S/c1-27-16-9-5-6-14(10-16)24-21-13-19(26)18-12-20(23)29-22(18)25(21)15-7-3-4-8-17(11-15)28-2/h3-7,9-13,24H,8H2,1-2H3. The molecule has 0 saturated heterocycles. The molecule has 4 rings (SSSR count). The van der Waals surface area contributed by atoms with Gasteiger partial charge < -0.3 is 14.8 Å². The second kappa shape index (κ2) is 8.19. The van der Waals surface area contributed by atoms with Crippen LogP contribution in [0.15, 0.2) is 71.3 Å². The molecule has 0 aliphatic heterocycles. The lowest BCUT2D eigenvalue weighted by Crippen LogP contribution is -2.11. The van der Waals surface area contributed by atoms with Gasteiger partial charge in [-0.25, -0.2) is 0 Å². The summed E-state index contributed by atoms with van der Waals surface area (Å²) < 4.78 is 13.3. The molecule has 1 aliphatic carbocycles. The monoisotopic (exact) mass is 426 g/mol. The fourth-order valence-electron chi connectivity index (χ4n) is 3.17. The van der Waals surface area contributed by atoms with Crippen LogP contribution in [0.2, 0.25) is 4.34 Å². The van der Waals surface area contributed by atoms with E-state index in [-0.39, 0.29) is 5.43 Å². The Kier molecular flexibility index (Phi) is 5.47. The summed E-state index contributed by atoms with van der Waals surface area (Å²) in [6.45, 7) is 0. The average molecular weight is 427 g/mol. The van der Waals surface area contributed by atoms with Gasteiger partial charge in [0.15, 0.2) is 5.43 Å². The Balaban J connectivity index is 1.94. The highest BCUT2D eigenvalue weighted by atomic mass is 35.5. The first-order valence-electron chi connectivity index (χ1n) is 8.97. The summed E-state index contributed by atoms with van der Waals surface area (Å²) in [5, 5.41) is 3.93. The Morgan fingerprint density at radius 3 is 2.83 bits per heavy atom. The van der Waals surface area contributed by atoms with E-state index in [0.717, 1.165) is 27.7 Å². The Morgan fingerprint density at radius 2 is 2.03 bits per heavy atom. The molecule has 0 saturated carbocycles. The second-order valence-corrected chi connectivity index (χ2v) is 8.06. The van der Waals surface area contributed by atoms with E-state index in [1.807, 2.05) is 53.1 Å². The summed E-state index contributed by atoms with van der Waals surface area (Å²) in [4.78, 5) is 13.5. The molecule has 0 spiro atoms. The predicted molar refractivity (Wildman–Crippen MR) is 120 cm³/mol. The molecule has 0 radical (unpaired) electrons. The van der Waals surface area contributed by atoms with Crippen molar-refractivity contribution in [3.63, 3.8) is 0 Å². The molecule has 29 heavy (non-hydrogen) atoms. The molecule has 148 valence electrons. The number of pyridine rings is 1. The molecular formula is C22H19ClN2O3S. The maximum absolute atomic E-state index is 12.7. The fourth-order valence-corrected chi connectivity index (χ4v) is 4.43. The summed E-state index contributed by atoms with van der Waals surface area (Å²) in [6, 6.07) is 10.8. The van der Waals surface area contributed by atoms with E-state index < -0.39 is 0 Å². The third-order valence-electron chi connectivity index (χ3n) is 4.55. The van der Waals surface area contributed by atoms with E-state index >= 15 is 0 Å². The Bertz CT molecular complexity index is 1220. The highest BCUT2D eigenvalue weighted by Gasteiger charge is 2.16. The normalized spacial score (nSPS) is 13.6. The molecule has 0 unspecified atom stereocenters. The number of allylic oxidation sites excluding steroid dienone is 5. The number of ether oxygens (including phenoxy) is 2.